The lowest BCUT2D eigenvalue weighted by Crippen LogP contribution is -2.19. The third kappa shape index (κ3) is 1.97. The number of carbonyl (C=O) groups excluding carboxylic acids is 1. The molecule has 0 unspecified atom stereocenters. The van der Waals surface area contributed by atoms with Gasteiger partial charge in [-0.3, -0.25) is 0 Å². The number of aldehydes is 1. The normalized spacial score (nSPS) is 11.4. The van der Waals surface area contributed by atoms with Gasteiger partial charge in [-0.05, 0) is 41.4 Å². The van der Waals surface area contributed by atoms with E-state index in [1.165, 1.54) is 6.07 Å². The average molecular weight is 245 g/mol. The van der Waals surface area contributed by atoms with Crippen LogP contribution in [0.2, 0.25) is 0 Å². The molecule has 0 atom stereocenters. The zero-order valence-corrected chi connectivity index (χ0v) is 9.06. The quantitative estimate of drug-likeness (QED) is 0.732. The van der Waals surface area contributed by atoms with Crippen LogP contribution >= 0.6 is 15.9 Å². The molecule has 0 heterocycles. The maximum absolute atomic E-state index is 13.1. The molecule has 1 aromatic rings. The minimum absolute atomic E-state index is 0.340. The molecule has 1 rings (SSSR count). The zero-order chi connectivity index (χ0) is 10.1. The molecule has 0 radical (unpaired) electrons. The van der Waals surface area contributed by atoms with Gasteiger partial charge in [0.25, 0.3) is 0 Å². The van der Waals surface area contributed by atoms with Crippen molar-refractivity contribution in [2.45, 2.75) is 19.3 Å². The molecule has 3 heteroatoms. The lowest BCUT2D eigenvalue weighted by Gasteiger charge is -2.19. The molecule has 13 heavy (non-hydrogen) atoms. The maximum Gasteiger partial charge on any atom is 0.137 e. The van der Waals surface area contributed by atoms with Crippen LogP contribution < -0.4 is 0 Å². The van der Waals surface area contributed by atoms with Gasteiger partial charge in [-0.15, -0.1) is 0 Å². The van der Waals surface area contributed by atoms with Crippen molar-refractivity contribution in [3.05, 3.63) is 34.1 Å². The molecule has 0 amide bonds. The van der Waals surface area contributed by atoms with Crippen molar-refractivity contribution >= 4 is 22.2 Å². The highest BCUT2D eigenvalue weighted by Crippen LogP contribution is 2.30. The Morgan fingerprint density at radius 1 is 1.46 bits per heavy atom. The van der Waals surface area contributed by atoms with Gasteiger partial charge in [-0.2, -0.15) is 0 Å². The summed E-state index contributed by atoms with van der Waals surface area (Å²) in [5.41, 5.74) is 0.0171. The zero-order valence-electron chi connectivity index (χ0n) is 7.47. The minimum Gasteiger partial charge on any atom is -0.302 e. The Kier molecular flexibility index (Phi) is 2.86. The fourth-order valence-electron chi connectivity index (χ4n) is 1.06. The first-order valence-corrected chi connectivity index (χ1v) is 4.69. The van der Waals surface area contributed by atoms with Crippen molar-refractivity contribution in [2.75, 3.05) is 0 Å². The van der Waals surface area contributed by atoms with Crippen molar-refractivity contribution < 1.29 is 9.18 Å². The molecule has 0 aliphatic rings. The first kappa shape index (κ1) is 10.4. The van der Waals surface area contributed by atoms with Crippen LogP contribution in [0.4, 0.5) is 4.39 Å². The molecular weight excluding hydrogens is 235 g/mol. The largest absolute Gasteiger partial charge is 0.302 e. The SMILES string of the molecule is CC(C)(C=O)c1cccc(F)c1Br. The number of hydrogen-bond donors (Lipinski definition) is 0. The summed E-state index contributed by atoms with van der Waals surface area (Å²) in [5.74, 6) is -0.340. The van der Waals surface area contributed by atoms with E-state index < -0.39 is 5.41 Å². The maximum atomic E-state index is 13.1. The predicted molar refractivity (Wildman–Crippen MR) is 53.2 cm³/mol. The molecule has 0 N–H and O–H groups in total. The van der Waals surface area contributed by atoms with Gasteiger partial charge in [0.1, 0.15) is 12.1 Å². The summed E-state index contributed by atoms with van der Waals surface area (Å²) < 4.78 is 13.5. The molecule has 0 aliphatic carbocycles. The second kappa shape index (κ2) is 3.58. The van der Waals surface area contributed by atoms with E-state index >= 15 is 0 Å². The molecule has 0 aromatic heterocycles. The van der Waals surface area contributed by atoms with Gasteiger partial charge in [0.15, 0.2) is 0 Å². The van der Waals surface area contributed by atoms with Crippen molar-refractivity contribution in [3.63, 3.8) is 0 Å². The fraction of sp³-hybridized carbons (Fsp3) is 0.300. The topological polar surface area (TPSA) is 17.1 Å². The third-order valence-electron chi connectivity index (χ3n) is 1.94. The Balaban J connectivity index is 3.30. The number of benzene rings is 1. The summed E-state index contributed by atoms with van der Waals surface area (Å²) in [6.07, 6.45) is 0.812. The van der Waals surface area contributed by atoms with E-state index in [1.54, 1.807) is 26.0 Å². The monoisotopic (exact) mass is 244 g/mol. The summed E-state index contributed by atoms with van der Waals surface area (Å²) in [6.45, 7) is 3.50. The first-order chi connectivity index (χ1) is 5.99. The fourth-order valence-corrected chi connectivity index (χ4v) is 1.84. The second-order valence-electron chi connectivity index (χ2n) is 3.44. The lowest BCUT2D eigenvalue weighted by atomic mass is 9.86. The highest BCUT2D eigenvalue weighted by atomic mass is 79.9. The molecular formula is C10H10BrFO. The Morgan fingerprint density at radius 2 is 2.08 bits per heavy atom. The van der Waals surface area contributed by atoms with Crippen LogP contribution in [0.3, 0.4) is 0 Å². The lowest BCUT2D eigenvalue weighted by molar-refractivity contribution is -0.111. The third-order valence-corrected chi connectivity index (χ3v) is 2.75. The van der Waals surface area contributed by atoms with Crippen LogP contribution in [0.5, 0.6) is 0 Å². The number of carbonyl (C=O) groups is 1. The molecule has 0 spiro atoms. The highest BCUT2D eigenvalue weighted by molar-refractivity contribution is 9.10. The molecule has 0 saturated carbocycles. The van der Waals surface area contributed by atoms with E-state index in [0.29, 0.717) is 10.0 Å². The van der Waals surface area contributed by atoms with Crippen molar-refractivity contribution in [1.82, 2.24) is 0 Å². The van der Waals surface area contributed by atoms with Crippen molar-refractivity contribution in [1.29, 1.82) is 0 Å². The molecule has 70 valence electrons. The first-order valence-electron chi connectivity index (χ1n) is 3.90. The Hall–Kier alpha value is -0.700. The van der Waals surface area contributed by atoms with Gasteiger partial charge in [0.2, 0.25) is 0 Å². The number of hydrogen-bond acceptors (Lipinski definition) is 1. The summed E-state index contributed by atoms with van der Waals surface area (Å²) in [7, 11) is 0. The van der Waals surface area contributed by atoms with Crippen LogP contribution in [0.25, 0.3) is 0 Å². The molecule has 0 fully saturated rings. The smallest absolute Gasteiger partial charge is 0.137 e. The summed E-state index contributed by atoms with van der Waals surface area (Å²) in [5, 5.41) is 0. The van der Waals surface area contributed by atoms with E-state index in [2.05, 4.69) is 15.9 Å². The van der Waals surface area contributed by atoms with Gasteiger partial charge in [0, 0.05) is 5.41 Å². The second-order valence-corrected chi connectivity index (χ2v) is 4.23. The van der Waals surface area contributed by atoms with E-state index in [0.717, 1.165) is 6.29 Å². The predicted octanol–water partition coefficient (Wildman–Crippen LogP) is 3.06. The molecule has 0 aliphatic heterocycles. The number of halogens is 2. The van der Waals surface area contributed by atoms with Crippen LogP contribution in [0.15, 0.2) is 22.7 Å². The standard InChI is InChI=1S/C10H10BrFO/c1-10(2,6-13)7-4-3-5-8(12)9(7)11/h3-6H,1-2H3. The van der Waals surface area contributed by atoms with E-state index in [1.807, 2.05) is 0 Å². The van der Waals surface area contributed by atoms with Crippen LogP contribution in [0, 0.1) is 5.82 Å². The van der Waals surface area contributed by atoms with E-state index in [-0.39, 0.29) is 5.82 Å². The highest BCUT2D eigenvalue weighted by Gasteiger charge is 2.23. The van der Waals surface area contributed by atoms with Crippen LogP contribution in [-0.2, 0) is 10.2 Å². The van der Waals surface area contributed by atoms with Gasteiger partial charge in [-0.25, -0.2) is 4.39 Å². The summed E-state index contributed by atoms with van der Waals surface area (Å²) >= 11 is 3.12. The average Bonchev–Trinajstić information content (AvgIpc) is 2.09. The molecule has 0 saturated heterocycles. The molecule has 0 bridgehead atoms. The summed E-state index contributed by atoms with van der Waals surface area (Å²) in [6, 6.07) is 4.69. The minimum atomic E-state index is -0.652. The Bertz CT molecular complexity index is 334. The van der Waals surface area contributed by atoms with Crippen molar-refractivity contribution in [3.8, 4) is 0 Å². The van der Waals surface area contributed by atoms with E-state index in [4.69, 9.17) is 0 Å². The molecule has 1 nitrogen and oxygen atoms in total. The summed E-state index contributed by atoms with van der Waals surface area (Å²) in [4.78, 5) is 10.7. The van der Waals surface area contributed by atoms with Gasteiger partial charge in [0.05, 0.1) is 4.47 Å². The van der Waals surface area contributed by atoms with E-state index in [9.17, 15) is 9.18 Å². The van der Waals surface area contributed by atoms with Gasteiger partial charge >= 0.3 is 0 Å². The van der Waals surface area contributed by atoms with Gasteiger partial charge < -0.3 is 4.79 Å². The van der Waals surface area contributed by atoms with Crippen LogP contribution in [-0.4, -0.2) is 6.29 Å². The number of rotatable bonds is 2. The van der Waals surface area contributed by atoms with Crippen LogP contribution in [0.1, 0.15) is 19.4 Å². The van der Waals surface area contributed by atoms with Crippen molar-refractivity contribution in [2.24, 2.45) is 0 Å². The Labute approximate surface area is 85.1 Å². The molecule has 1 aromatic carbocycles. The Morgan fingerprint density at radius 3 is 2.62 bits per heavy atom. The van der Waals surface area contributed by atoms with Gasteiger partial charge in [-0.1, -0.05) is 12.1 Å².